The molecule has 0 radical (unpaired) electrons. The number of rotatable bonds is 6. The number of anilines is 1. The van der Waals surface area contributed by atoms with Gasteiger partial charge in [0, 0.05) is 29.7 Å². The average molecular weight is 433 g/mol. The zero-order valence-electron chi connectivity index (χ0n) is 18.6. The third-order valence-corrected chi connectivity index (χ3v) is 7.02. The van der Waals surface area contributed by atoms with Gasteiger partial charge in [-0.3, -0.25) is 14.4 Å². The molecule has 0 unspecified atom stereocenters. The molecular weight excluding hydrogens is 400 g/mol. The van der Waals surface area contributed by atoms with E-state index in [1.165, 1.54) is 36.2 Å². The molecule has 0 saturated heterocycles. The molecule has 30 heavy (non-hydrogen) atoms. The van der Waals surface area contributed by atoms with Crippen LogP contribution in [0, 0.1) is 13.8 Å². The maximum Gasteiger partial charge on any atom is 0.341 e. The van der Waals surface area contributed by atoms with E-state index in [1.807, 2.05) is 37.5 Å². The lowest BCUT2D eigenvalue weighted by atomic mass is 9.96. The summed E-state index contributed by atoms with van der Waals surface area (Å²) in [6.07, 6.45) is 6.40. The van der Waals surface area contributed by atoms with Gasteiger partial charge in [0.2, 0.25) is 5.91 Å². The average Bonchev–Trinajstić information content (AvgIpc) is 3.11. The standard InChI is InChI=1S/C22H32N4O3S/c1-14-17(15(2)26(4)24-14)12-25(3)13-19(27)23-21-20(22(28)29-5)16-10-8-6-7-9-11-18(16)30-21/h6-13H2,1-5H3,(H,23,27). The van der Waals surface area contributed by atoms with Gasteiger partial charge in [0.25, 0.3) is 0 Å². The number of aryl methyl sites for hydroxylation is 3. The number of nitrogens with zero attached hydrogens (tertiary/aromatic N) is 3. The topological polar surface area (TPSA) is 76.5 Å². The molecule has 164 valence electrons. The first kappa shape index (κ1) is 22.5. The Bertz CT molecular complexity index is 931. The van der Waals surface area contributed by atoms with Crippen molar-refractivity contribution in [3.63, 3.8) is 0 Å². The second kappa shape index (κ2) is 9.75. The molecule has 1 N–H and O–H groups in total. The highest BCUT2D eigenvalue weighted by Crippen LogP contribution is 2.37. The summed E-state index contributed by atoms with van der Waals surface area (Å²) < 4.78 is 6.90. The van der Waals surface area contributed by atoms with Gasteiger partial charge in [-0.05, 0) is 52.1 Å². The van der Waals surface area contributed by atoms with Crippen molar-refractivity contribution < 1.29 is 14.3 Å². The lowest BCUT2D eigenvalue weighted by molar-refractivity contribution is -0.117. The summed E-state index contributed by atoms with van der Waals surface area (Å²) in [6.45, 7) is 4.90. The number of fused-ring (bicyclic) bond motifs is 1. The van der Waals surface area contributed by atoms with Gasteiger partial charge >= 0.3 is 5.97 Å². The molecule has 0 bridgehead atoms. The van der Waals surface area contributed by atoms with E-state index >= 15 is 0 Å². The van der Waals surface area contributed by atoms with Crippen molar-refractivity contribution in [2.45, 2.75) is 58.9 Å². The normalized spacial score (nSPS) is 14.2. The van der Waals surface area contributed by atoms with Crippen LogP contribution in [0.25, 0.3) is 0 Å². The van der Waals surface area contributed by atoms with Crippen LogP contribution in [-0.2, 0) is 36.0 Å². The maximum atomic E-state index is 12.8. The van der Waals surface area contributed by atoms with Crippen LogP contribution in [0.4, 0.5) is 5.00 Å². The number of likely N-dealkylation sites (N-methyl/N-ethyl adjacent to an activating group) is 1. The fraction of sp³-hybridized carbons (Fsp3) is 0.591. The first-order chi connectivity index (χ1) is 14.3. The number of carbonyl (C=O) groups is 2. The molecule has 0 fully saturated rings. The Morgan fingerprint density at radius 3 is 2.53 bits per heavy atom. The molecule has 7 nitrogen and oxygen atoms in total. The summed E-state index contributed by atoms with van der Waals surface area (Å²) >= 11 is 1.53. The van der Waals surface area contributed by atoms with Crippen LogP contribution < -0.4 is 5.32 Å². The van der Waals surface area contributed by atoms with Gasteiger partial charge in [-0.2, -0.15) is 5.10 Å². The van der Waals surface area contributed by atoms with Crippen molar-refractivity contribution in [1.82, 2.24) is 14.7 Å². The third-order valence-electron chi connectivity index (χ3n) is 5.81. The summed E-state index contributed by atoms with van der Waals surface area (Å²) in [7, 11) is 5.24. The smallest absolute Gasteiger partial charge is 0.341 e. The molecule has 2 aromatic rings. The van der Waals surface area contributed by atoms with Crippen LogP contribution >= 0.6 is 11.3 Å². The van der Waals surface area contributed by atoms with Crippen LogP contribution in [0.1, 0.15) is 63.4 Å². The maximum absolute atomic E-state index is 12.8. The number of thiophene rings is 1. The van der Waals surface area contributed by atoms with E-state index in [1.54, 1.807) is 0 Å². The first-order valence-corrected chi connectivity index (χ1v) is 11.3. The second-order valence-electron chi connectivity index (χ2n) is 8.11. The van der Waals surface area contributed by atoms with Gasteiger partial charge in [-0.15, -0.1) is 11.3 Å². The van der Waals surface area contributed by atoms with Crippen LogP contribution in [0.3, 0.4) is 0 Å². The highest BCUT2D eigenvalue weighted by atomic mass is 32.1. The van der Waals surface area contributed by atoms with E-state index in [-0.39, 0.29) is 18.4 Å². The third kappa shape index (κ3) is 4.92. The molecule has 0 saturated carbocycles. The SMILES string of the molecule is COC(=O)c1c(NC(=O)CN(C)Cc2c(C)nn(C)c2C)sc2c1CCCCCC2. The Labute approximate surface area is 182 Å². The van der Waals surface area contributed by atoms with Gasteiger partial charge in [0.15, 0.2) is 0 Å². The highest BCUT2D eigenvalue weighted by molar-refractivity contribution is 7.17. The zero-order chi connectivity index (χ0) is 21.8. The minimum Gasteiger partial charge on any atom is -0.465 e. The quantitative estimate of drug-likeness (QED) is 0.706. The fourth-order valence-electron chi connectivity index (χ4n) is 4.11. The van der Waals surface area contributed by atoms with Crippen molar-refractivity contribution >= 4 is 28.2 Å². The number of nitrogens with one attached hydrogen (secondary N) is 1. The molecule has 3 rings (SSSR count). The molecule has 0 spiro atoms. The number of amides is 1. The summed E-state index contributed by atoms with van der Waals surface area (Å²) in [6, 6.07) is 0. The summed E-state index contributed by atoms with van der Waals surface area (Å²) in [5, 5.41) is 8.06. The van der Waals surface area contributed by atoms with Crippen molar-refractivity contribution in [2.75, 3.05) is 26.0 Å². The lowest BCUT2D eigenvalue weighted by Crippen LogP contribution is -2.30. The van der Waals surface area contributed by atoms with E-state index in [4.69, 9.17) is 4.74 Å². The number of carbonyl (C=O) groups excluding carboxylic acids is 2. The molecular formula is C22H32N4O3S. The van der Waals surface area contributed by atoms with Gasteiger partial charge in [-0.1, -0.05) is 12.8 Å². The Balaban J connectivity index is 1.74. The summed E-state index contributed by atoms with van der Waals surface area (Å²) in [5.74, 6) is -0.491. The van der Waals surface area contributed by atoms with Gasteiger partial charge in [0.1, 0.15) is 5.00 Å². The molecule has 0 aliphatic heterocycles. The Hall–Kier alpha value is -2.19. The predicted molar refractivity (Wildman–Crippen MR) is 119 cm³/mol. The molecule has 0 aromatic carbocycles. The van der Waals surface area contributed by atoms with Crippen molar-refractivity contribution in [2.24, 2.45) is 7.05 Å². The van der Waals surface area contributed by atoms with Gasteiger partial charge in [-0.25, -0.2) is 4.79 Å². The van der Waals surface area contributed by atoms with Crippen LogP contribution in [0.15, 0.2) is 0 Å². The molecule has 8 heteroatoms. The second-order valence-corrected chi connectivity index (χ2v) is 9.21. The molecule has 1 amide bonds. The number of hydrogen-bond acceptors (Lipinski definition) is 6. The van der Waals surface area contributed by atoms with Crippen LogP contribution in [0.2, 0.25) is 0 Å². The van der Waals surface area contributed by atoms with E-state index in [0.717, 1.165) is 48.2 Å². The Morgan fingerprint density at radius 2 is 1.90 bits per heavy atom. The predicted octanol–water partition coefficient (Wildman–Crippen LogP) is 3.61. The Kier molecular flexibility index (Phi) is 7.31. The van der Waals surface area contributed by atoms with E-state index in [9.17, 15) is 9.59 Å². The monoisotopic (exact) mass is 432 g/mol. The minimum atomic E-state index is -0.363. The molecule has 1 aliphatic carbocycles. The van der Waals surface area contributed by atoms with E-state index in [0.29, 0.717) is 17.1 Å². The molecule has 1 aliphatic rings. The largest absolute Gasteiger partial charge is 0.465 e. The minimum absolute atomic E-state index is 0.129. The van der Waals surface area contributed by atoms with Gasteiger partial charge in [0.05, 0.1) is 24.9 Å². The molecule has 2 aromatic heterocycles. The van der Waals surface area contributed by atoms with Crippen molar-refractivity contribution in [3.05, 3.63) is 33.0 Å². The fourth-order valence-corrected chi connectivity index (χ4v) is 5.40. The summed E-state index contributed by atoms with van der Waals surface area (Å²) in [5.41, 5.74) is 4.84. The highest BCUT2D eigenvalue weighted by Gasteiger charge is 2.26. The Morgan fingerprint density at radius 1 is 1.20 bits per heavy atom. The number of methoxy groups -OCH3 is 1. The summed E-state index contributed by atoms with van der Waals surface area (Å²) in [4.78, 5) is 28.5. The van der Waals surface area contributed by atoms with Crippen molar-refractivity contribution in [1.29, 1.82) is 0 Å². The van der Waals surface area contributed by atoms with Crippen molar-refractivity contribution in [3.8, 4) is 0 Å². The van der Waals surface area contributed by atoms with Crippen LogP contribution in [-0.4, -0.2) is 47.3 Å². The number of aromatic nitrogens is 2. The van der Waals surface area contributed by atoms with E-state index < -0.39 is 0 Å². The van der Waals surface area contributed by atoms with Gasteiger partial charge < -0.3 is 10.1 Å². The zero-order valence-corrected chi connectivity index (χ0v) is 19.4. The first-order valence-electron chi connectivity index (χ1n) is 10.5. The molecule has 2 heterocycles. The number of hydrogen-bond donors (Lipinski definition) is 1. The number of esters is 1. The van der Waals surface area contributed by atoms with E-state index in [2.05, 4.69) is 10.4 Å². The number of ether oxygens (including phenoxy) is 1. The van der Waals surface area contributed by atoms with Crippen LogP contribution in [0.5, 0.6) is 0 Å². The lowest BCUT2D eigenvalue weighted by Gasteiger charge is -2.16. The molecule has 0 atom stereocenters.